The number of piperidine rings is 1. The molecule has 21 heavy (non-hydrogen) atoms. The molecule has 1 aliphatic heterocycles. The molecule has 1 unspecified atom stereocenters. The van der Waals surface area contributed by atoms with Gasteiger partial charge in [-0.25, -0.2) is 13.1 Å². The van der Waals surface area contributed by atoms with Gasteiger partial charge in [-0.3, -0.25) is 0 Å². The third kappa shape index (κ3) is 4.98. The topological polar surface area (TPSA) is 67.4 Å². The maximum atomic E-state index is 11.9. The minimum Gasteiger partial charge on any atom is -0.493 e. The van der Waals surface area contributed by atoms with Crippen molar-refractivity contribution in [2.75, 3.05) is 26.2 Å². The smallest absolute Gasteiger partial charge is 0.240 e. The lowest BCUT2D eigenvalue weighted by Crippen LogP contribution is -2.33. The molecule has 2 N–H and O–H groups in total. The van der Waals surface area contributed by atoms with E-state index in [9.17, 15) is 8.42 Å². The highest BCUT2D eigenvalue weighted by Gasteiger charge is 2.15. The van der Waals surface area contributed by atoms with E-state index in [2.05, 4.69) is 10.0 Å². The molecule has 1 saturated heterocycles. The summed E-state index contributed by atoms with van der Waals surface area (Å²) in [4.78, 5) is 0.280. The Labute approximate surface area is 127 Å². The van der Waals surface area contributed by atoms with Gasteiger partial charge in [0.1, 0.15) is 5.75 Å². The standard InChI is InChI=1S/C15H24N2O3S/c1-2-9-17-21(18,19)15-7-5-14(6-8-15)20-12-13-4-3-10-16-11-13/h5-8,13,16-17H,2-4,9-12H2,1H3. The van der Waals surface area contributed by atoms with E-state index in [1.54, 1.807) is 24.3 Å². The van der Waals surface area contributed by atoms with Gasteiger partial charge in [0.05, 0.1) is 11.5 Å². The SMILES string of the molecule is CCCNS(=O)(=O)c1ccc(OCC2CCCNC2)cc1. The highest BCUT2D eigenvalue weighted by atomic mass is 32.2. The molecule has 6 heteroatoms. The Balaban J connectivity index is 1.89. The Kier molecular flexibility index (Phi) is 6.02. The zero-order valence-electron chi connectivity index (χ0n) is 12.5. The molecule has 1 aliphatic rings. The average molecular weight is 312 g/mol. The lowest BCUT2D eigenvalue weighted by Gasteiger charge is -2.22. The molecule has 5 nitrogen and oxygen atoms in total. The Morgan fingerprint density at radius 2 is 2.10 bits per heavy atom. The first kappa shape index (κ1) is 16.3. The minimum atomic E-state index is -3.39. The van der Waals surface area contributed by atoms with E-state index >= 15 is 0 Å². The number of hydrogen-bond donors (Lipinski definition) is 2. The number of sulfonamides is 1. The first-order chi connectivity index (χ1) is 10.1. The van der Waals surface area contributed by atoms with Crippen LogP contribution in [-0.4, -0.2) is 34.7 Å². The minimum absolute atomic E-state index is 0.280. The van der Waals surface area contributed by atoms with Crippen LogP contribution in [0, 0.1) is 5.92 Å². The molecule has 0 radical (unpaired) electrons. The second-order valence-electron chi connectivity index (χ2n) is 5.39. The quantitative estimate of drug-likeness (QED) is 0.805. The van der Waals surface area contributed by atoms with E-state index in [0.29, 0.717) is 19.1 Å². The van der Waals surface area contributed by atoms with Crippen LogP contribution in [0.2, 0.25) is 0 Å². The Morgan fingerprint density at radius 3 is 2.71 bits per heavy atom. The first-order valence-electron chi connectivity index (χ1n) is 7.55. The Hall–Kier alpha value is -1.11. The third-order valence-electron chi connectivity index (χ3n) is 3.56. The zero-order chi connectivity index (χ0) is 15.1. The van der Waals surface area contributed by atoms with E-state index < -0.39 is 10.0 Å². The summed E-state index contributed by atoms with van der Waals surface area (Å²) >= 11 is 0. The summed E-state index contributed by atoms with van der Waals surface area (Å²) in [6, 6.07) is 6.62. The van der Waals surface area contributed by atoms with Crippen molar-refractivity contribution >= 4 is 10.0 Å². The normalized spacial score (nSPS) is 19.4. The van der Waals surface area contributed by atoms with Gasteiger partial charge in [-0.2, -0.15) is 0 Å². The highest BCUT2D eigenvalue weighted by Crippen LogP contribution is 2.18. The van der Waals surface area contributed by atoms with Crippen LogP contribution < -0.4 is 14.8 Å². The van der Waals surface area contributed by atoms with Crippen molar-refractivity contribution in [3.8, 4) is 5.75 Å². The fourth-order valence-electron chi connectivity index (χ4n) is 2.32. The van der Waals surface area contributed by atoms with Crippen molar-refractivity contribution in [1.29, 1.82) is 0 Å². The number of nitrogens with one attached hydrogen (secondary N) is 2. The van der Waals surface area contributed by atoms with E-state index in [-0.39, 0.29) is 4.90 Å². The first-order valence-corrected chi connectivity index (χ1v) is 9.03. The highest BCUT2D eigenvalue weighted by molar-refractivity contribution is 7.89. The fraction of sp³-hybridized carbons (Fsp3) is 0.600. The molecule has 1 heterocycles. The second-order valence-corrected chi connectivity index (χ2v) is 7.16. The maximum Gasteiger partial charge on any atom is 0.240 e. The van der Waals surface area contributed by atoms with Crippen LogP contribution in [0.4, 0.5) is 0 Å². The van der Waals surface area contributed by atoms with Crippen molar-refractivity contribution in [3.05, 3.63) is 24.3 Å². The van der Waals surface area contributed by atoms with Crippen molar-refractivity contribution in [2.24, 2.45) is 5.92 Å². The molecule has 1 fully saturated rings. The van der Waals surface area contributed by atoms with Gasteiger partial charge >= 0.3 is 0 Å². The van der Waals surface area contributed by atoms with E-state index in [1.807, 2.05) is 6.92 Å². The van der Waals surface area contributed by atoms with Gasteiger partial charge in [0.2, 0.25) is 10.0 Å². The zero-order valence-corrected chi connectivity index (χ0v) is 13.3. The van der Waals surface area contributed by atoms with Crippen LogP contribution >= 0.6 is 0 Å². The van der Waals surface area contributed by atoms with Gasteiger partial charge < -0.3 is 10.1 Å². The van der Waals surface area contributed by atoms with Gasteiger partial charge in [-0.15, -0.1) is 0 Å². The number of ether oxygens (including phenoxy) is 1. The monoisotopic (exact) mass is 312 g/mol. The van der Waals surface area contributed by atoms with Crippen LogP contribution in [0.3, 0.4) is 0 Å². The van der Waals surface area contributed by atoms with Crippen LogP contribution in [0.5, 0.6) is 5.75 Å². The molecule has 0 bridgehead atoms. The van der Waals surface area contributed by atoms with Crippen LogP contribution in [0.1, 0.15) is 26.2 Å². The average Bonchev–Trinajstić information content (AvgIpc) is 2.52. The Morgan fingerprint density at radius 1 is 1.33 bits per heavy atom. The van der Waals surface area contributed by atoms with E-state index in [0.717, 1.165) is 25.3 Å². The van der Waals surface area contributed by atoms with Crippen molar-refractivity contribution in [2.45, 2.75) is 31.1 Å². The molecule has 0 saturated carbocycles. The molecule has 118 valence electrons. The van der Waals surface area contributed by atoms with Gasteiger partial charge in [0, 0.05) is 19.0 Å². The number of hydrogen-bond acceptors (Lipinski definition) is 4. The summed E-state index contributed by atoms with van der Waals surface area (Å²) in [5.41, 5.74) is 0. The predicted molar refractivity (Wildman–Crippen MR) is 83.0 cm³/mol. The summed E-state index contributed by atoms with van der Waals surface area (Å²) in [5, 5.41) is 3.35. The van der Waals surface area contributed by atoms with Gasteiger partial charge in [-0.1, -0.05) is 6.92 Å². The number of rotatable bonds is 7. The molecule has 0 amide bonds. The molecule has 1 aromatic rings. The lowest BCUT2D eigenvalue weighted by atomic mass is 10.0. The van der Waals surface area contributed by atoms with Gasteiger partial charge in [0.15, 0.2) is 0 Å². The van der Waals surface area contributed by atoms with E-state index in [1.165, 1.54) is 12.8 Å². The molecule has 1 aromatic carbocycles. The summed E-state index contributed by atoms with van der Waals surface area (Å²) in [7, 11) is -3.39. The van der Waals surface area contributed by atoms with Gasteiger partial charge in [-0.05, 0) is 50.1 Å². The molecule has 0 spiro atoms. The van der Waals surface area contributed by atoms with Crippen molar-refractivity contribution < 1.29 is 13.2 Å². The van der Waals surface area contributed by atoms with Gasteiger partial charge in [0.25, 0.3) is 0 Å². The van der Waals surface area contributed by atoms with Crippen molar-refractivity contribution in [1.82, 2.24) is 10.0 Å². The van der Waals surface area contributed by atoms with Crippen LogP contribution in [0.25, 0.3) is 0 Å². The molecule has 0 aromatic heterocycles. The molecule has 0 aliphatic carbocycles. The number of benzene rings is 1. The van der Waals surface area contributed by atoms with E-state index in [4.69, 9.17) is 4.74 Å². The molecule has 1 atom stereocenters. The molecular weight excluding hydrogens is 288 g/mol. The third-order valence-corrected chi connectivity index (χ3v) is 5.04. The van der Waals surface area contributed by atoms with Crippen LogP contribution in [-0.2, 0) is 10.0 Å². The summed E-state index contributed by atoms with van der Waals surface area (Å²) < 4.78 is 32.2. The lowest BCUT2D eigenvalue weighted by molar-refractivity contribution is 0.218. The largest absolute Gasteiger partial charge is 0.493 e. The predicted octanol–water partition coefficient (Wildman–Crippen LogP) is 1.75. The summed E-state index contributed by atoms with van der Waals surface area (Å²) in [6.45, 7) is 5.14. The molecular formula is C15H24N2O3S. The summed E-state index contributed by atoms with van der Waals surface area (Å²) in [5.74, 6) is 1.25. The molecule has 2 rings (SSSR count). The van der Waals surface area contributed by atoms with Crippen LogP contribution in [0.15, 0.2) is 29.2 Å². The maximum absolute atomic E-state index is 11.9. The fourth-order valence-corrected chi connectivity index (χ4v) is 3.45. The van der Waals surface area contributed by atoms with Crippen molar-refractivity contribution in [3.63, 3.8) is 0 Å². The summed E-state index contributed by atoms with van der Waals surface area (Å²) in [6.07, 6.45) is 3.14. The Bertz CT molecular complexity index is 522. The second kappa shape index (κ2) is 7.77.